The molecule has 2 aromatic rings. The lowest BCUT2D eigenvalue weighted by Gasteiger charge is -2.27. The number of furan rings is 1. The van der Waals surface area contributed by atoms with Crippen LogP contribution in [0.4, 0.5) is 0 Å². The zero-order chi connectivity index (χ0) is 19.9. The molecule has 1 aromatic heterocycles. The maximum absolute atomic E-state index is 13.0. The SMILES string of the molecule is COc1ccc(Cl)cc1CN(C)C(=O)c1oc2c(c1C)C(=O)CC(C)(C)C2. The van der Waals surface area contributed by atoms with E-state index in [-0.39, 0.29) is 22.9 Å². The summed E-state index contributed by atoms with van der Waals surface area (Å²) in [6.07, 6.45) is 1.11. The summed E-state index contributed by atoms with van der Waals surface area (Å²) in [6, 6.07) is 5.29. The Bertz CT molecular complexity index is 913. The molecule has 0 saturated carbocycles. The van der Waals surface area contributed by atoms with Crippen molar-refractivity contribution in [3.8, 4) is 5.75 Å². The lowest BCUT2D eigenvalue weighted by Crippen LogP contribution is -2.27. The van der Waals surface area contributed by atoms with Gasteiger partial charge in [0.25, 0.3) is 5.91 Å². The van der Waals surface area contributed by atoms with E-state index in [1.54, 1.807) is 44.2 Å². The number of hydrogen-bond donors (Lipinski definition) is 0. The number of ketones is 1. The summed E-state index contributed by atoms with van der Waals surface area (Å²) in [6.45, 7) is 6.15. The van der Waals surface area contributed by atoms with Crippen molar-refractivity contribution >= 4 is 23.3 Å². The predicted octanol–water partition coefficient (Wildman–Crippen LogP) is 4.68. The molecule has 0 radical (unpaired) electrons. The number of nitrogens with zero attached hydrogens (tertiary/aromatic N) is 1. The zero-order valence-electron chi connectivity index (χ0n) is 16.3. The third-order valence-electron chi connectivity index (χ3n) is 4.97. The Morgan fingerprint density at radius 3 is 2.70 bits per heavy atom. The fourth-order valence-electron chi connectivity index (χ4n) is 3.66. The molecule has 0 spiro atoms. The average molecular weight is 390 g/mol. The van der Waals surface area contributed by atoms with Crippen molar-refractivity contribution in [1.82, 2.24) is 4.90 Å². The summed E-state index contributed by atoms with van der Waals surface area (Å²) in [5.74, 6) is 1.28. The standard InChI is InChI=1S/C21H24ClNO4/c1-12-18-15(24)9-21(2,3)10-17(18)27-19(12)20(25)23(4)11-13-8-14(22)6-7-16(13)26-5/h6-8H,9-11H2,1-5H3. The summed E-state index contributed by atoms with van der Waals surface area (Å²) in [5.41, 5.74) is 1.84. The van der Waals surface area contributed by atoms with Crippen LogP contribution in [-0.2, 0) is 13.0 Å². The quantitative estimate of drug-likeness (QED) is 0.761. The minimum absolute atomic E-state index is 0.0423. The van der Waals surface area contributed by atoms with Crippen molar-refractivity contribution in [3.05, 3.63) is 51.4 Å². The lowest BCUT2D eigenvalue weighted by atomic mass is 9.76. The number of rotatable bonds is 4. The van der Waals surface area contributed by atoms with Crippen molar-refractivity contribution in [2.75, 3.05) is 14.2 Å². The molecule has 27 heavy (non-hydrogen) atoms. The number of ether oxygens (including phenoxy) is 1. The van der Waals surface area contributed by atoms with Crippen LogP contribution in [0.25, 0.3) is 0 Å². The third kappa shape index (κ3) is 3.74. The highest BCUT2D eigenvalue weighted by Crippen LogP contribution is 2.38. The Morgan fingerprint density at radius 1 is 1.33 bits per heavy atom. The van der Waals surface area contributed by atoms with E-state index in [1.165, 1.54) is 0 Å². The number of methoxy groups -OCH3 is 1. The van der Waals surface area contributed by atoms with Crippen LogP contribution in [-0.4, -0.2) is 30.7 Å². The van der Waals surface area contributed by atoms with E-state index in [2.05, 4.69) is 0 Å². The van der Waals surface area contributed by atoms with Gasteiger partial charge in [-0.05, 0) is 30.5 Å². The van der Waals surface area contributed by atoms with Gasteiger partial charge in [-0.1, -0.05) is 25.4 Å². The highest BCUT2D eigenvalue weighted by atomic mass is 35.5. The molecule has 144 valence electrons. The number of hydrogen-bond acceptors (Lipinski definition) is 4. The second-order valence-electron chi connectivity index (χ2n) is 7.91. The summed E-state index contributed by atoms with van der Waals surface area (Å²) in [5, 5.41) is 0.573. The van der Waals surface area contributed by atoms with Crippen molar-refractivity contribution in [3.63, 3.8) is 0 Å². The number of fused-ring (bicyclic) bond motifs is 1. The van der Waals surface area contributed by atoms with E-state index in [1.807, 2.05) is 13.8 Å². The van der Waals surface area contributed by atoms with Crippen molar-refractivity contribution < 1.29 is 18.7 Å². The molecule has 1 aliphatic carbocycles. The lowest BCUT2D eigenvalue weighted by molar-refractivity contribution is 0.0745. The molecule has 1 amide bonds. The van der Waals surface area contributed by atoms with Gasteiger partial charge in [0, 0.05) is 42.6 Å². The largest absolute Gasteiger partial charge is 0.496 e. The van der Waals surface area contributed by atoms with Crippen LogP contribution in [0, 0.1) is 12.3 Å². The van der Waals surface area contributed by atoms with Gasteiger partial charge in [-0.25, -0.2) is 0 Å². The molecule has 0 saturated heterocycles. The van der Waals surface area contributed by atoms with Gasteiger partial charge in [0.2, 0.25) is 0 Å². The van der Waals surface area contributed by atoms with Crippen LogP contribution in [0.15, 0.2) is 22.6 Å². The molecular weight excluding hydrogens is 366 g/mol. The van der Waals surface area contributed by atoms with Gasteiger partial charge < -0.3 is 14.1 Å². The van der Waals surface area contributed by atoms with Gasteiger partial charge in [-0.15, -0.1) is 0 Å². The Hall–Kier alpha value is -2.27. The van der Waals surface area contributed by atoms with E-state index >= 15 is 0 Å². The molecular formula is C21H24ClNO4. The summed E-state index contributed by atoms with van der Waals surface area (Å²) >= 11 is 6.08. The maximum atomic E-state index is 13.0. The molecule has 0 fully saturated rings. The number of halogens is 1. The minimum atomic E-state index is -0.269. The first-order valence-corrected chi connectivity index (χ1v) is 9.24. The number of amides is 1. The number of carbonyl (C=O) groups is 2. The van der Waals surface area contributed by atoms with Crippen molar-refractivity contribution in [2.45, 2.75) is 40.2 Å². The van der Waals surface area contributed by atoms with Crippen LogP contribution in [0.1, 0.15) is 58.1 Å². The Morgan fingerprint density at radius 2 is 2.04 bits per heavy atom. The van der Waals surface area contributed by atoms with Crippen LogP contribution in [0.5, 0.6) is 5.75 Å². The van der Waals surface area contributed by atoms with Gasteiger partial charge in [-0.2, -0.15) is 0 Å². The molecule has 6 heteroatoms. The van der Waals surface area contributed by atoms with E-state index in [9.17, 15) is 9.59 Å². The topological polar surface area (TPSA) is 59.8 Å². The van der Waals surface area contributed by atoms with E-state index in [0.29, 0.717) is 47.0 Å². The van der Waals surface area contributed by atoms with Crippen LogP contribution in [0.2, 0.25) is 5.02 Å². The van der Waals surface area contributed by atoms with Gasteiger partial charge in [0.15, 0.2) is 11.5 Å². The first-order valence-electron chi connectivity index (χ1n) is 8.86. The van der Waals surface area contributed by atoms with Crippen LogP contribution in [0.3, 0.4) is 0 Å². The first kappa shape index (κ1) is 19.5. The second-order valence-corrected chi connectivity index (χ2v) is 8.35. The molecule has 0 unspecified atom stereocenters. The van der Waals surface area contributed by atoms with Gasteiger partial charge in [0.1, 0.15) is 11.5 Å². The fourth-order valence-corrected chi connectivity index (χ4v) is 3.85. The number of benzene rings is 1. The molecule has 1 heterocycles. The molecule has 3 rings (SSSR count). The van der Waals surface area contributed by atoms with Crippen molar-refractivity contribution in [2.24, 2.45) is 5.41 Å². The first-order chi connectivity index (χ1) is 12.6. The zero-order valence-corrected chi connectivity index (χ0v) is 17.1. The normalized spacial score (nSPS) is 15.4. The number of Topliss-reactive ketones (excluding diaryl/α,β-unsaturated/α-hetero) is 1. The monoisotopic (exact) mass is 389 g/mol. The highest BCUT2D eigenvalue weighted by Gasteiger charge is 2.37. The number of carbonyl (C=O) groups excluding carboxylic acids is 2. The highest BCUT2D eigenvalue weighted by molar-refractivity contribution is 6.30. The predicted molar refractivity (Wildman–Crippen MR) is 104 cm³/mol. The molecule has 0 aliphatic heterocycles. The summed E-state index contributed by atoms with van der Waals surface area (Å²) < 4.78 is 11.2. The Kier molecular flexibility index (Phi) is 5.08. The van der Waals surface area contributed by atoms with Crippen LogP contribution >= 0.6 is 11.6 Å². The molecule has 0 atom stereocenters. The summed E-state index contributed by atoms with van der Waals surface area (Å²) in [7, 11) is 3.27. The molecule has 0 N–H and O–H groups in total. The van der Waals surface area contributed by atoms with Gasteiger partial charge in [0.05, 0.1) is 12.7 Å². The van der Waals surface area contributed by atoms with E-state index < -0.39 is 0 Å². The fraction of sp³-hybridized carbons (Fsp3) is 0.429. The minimum Gasteiger partial charge on any atom is -0.496 e. The van der Waals surface area contributed by atoms with E-state index in [4.69, 9.17) is 20.8 Å². The third-order valence-corrected chi connectivity index (χ3v) is 5.20. The Labute approximate surface area is 164 Å². The van der Waals surface area contributed by atoms with Gasteiger partial charge >= 0.3 is 0 Å². The maximum Gasteiger partial charge on any atom is 0.289 e. The smallest absolute Gasteiger partial charge is 0.289 e. The molecule has 1 aromatic carbocycles. The van der Waals surface area contributed by atoms with Gasteiger partial charge in [-0.3, -0.25) is 9.59 Å². The van der Waals surface area contributed by atoms with Crippen LogP contribution < -0.4 is 4.74 Å². The molecule has 1 aliphatic rings. The Balaban J connectivity index is 1.89. The van der Waals surface area contributed by atoms with Crippen molar-refractivity contribution in [1.29, 1.82) is 0 Å². The molecule has 5 nitrogen and oxygen atoms in total. The second kappa shape index (κ2) is 7.04. The molecule has 0 bridgehead atoms. The average Bonchev–Trinajstić information content (AvgIpc) is 2.89. The summed E-state index contributed by atoms with van der Waals surface area (Å²) in [4.78, 5) is 27.1. The van der Waals surface area contributed by atoms with E-state index in [0.717, 1.165) is 5.56 Å².